The van der Waals surface area contributed by atoms with E-state index in [0.29, 0.717) is 5.69 Å². The van der Waals surface area contributed by atoms with E-state index in [9.17, 15) is 4.79 Å². The lowest BCUT2D eigenvalue weighted by Crippen LogP contribution is -2.48. The number of hydrogen-bond donors (Lipinski definition) is 3. The topological polar surface area (TPSA) is 61.4 Å². The number of aliphatic hydroxyl groups excluding tert-OH is 1. The van der Waals surface area contributed by atoms with Crippen molar-refractivity contribution in [1.82, 2.24) is 5.32 Å². The average Bonchev–Trinajstić information content (AvgIpc) is 2.23. The van der Waals surface area contributed by atoms with Crippen molar-refractivity contribution in [3.05, 3.63) is 28.2 Å². The van der Waals surface area contributed by atoms with Gasteiger partial charge in [0.05, 0.1) is 12.1 Å². The Morgan fingerprint density at radius 1 is 1.47 bits per heavy atom. The number of carbonyl (C=O) groups excluding carboxylic acids is 1. The molecule has 4 nitrogen and oxygen atoms in total. The van der Waals surface area contributed by atoms with E-state index in [1.54, 1.807) is 13.8 Å². The molecule has 5 heteroatoms. The maximum absolute atomic E-state index is 11.6. The lowest BCUT2D eigenvalue weighted by atomic mass is 10.1. The number of anilines is 1. The quantitative estimate of drug-likeness (QED) is 0.804. The smallest absolute Gasteiger partial charge is 0.319 e. The summed E-state index contributed by atoms with van der Waals surface area (Å²) in [5.41, 5.74) is 1.17. The van der Waals surface area contributed by atoms with E-state index in [2.05, 4.69) is 26.6 Å². The van der Waals surface area contributed by atoms with Gasteiger partial charge in [-0.25, -0.2) is 4.79 Å². The first kappa shape index (κ1) is 14.0. The molecule has 0 aliphatic heterocycles. The molecule has 0 heterocycles. The highest BCUT2D eigenvalue weighted by Crippen LogP contribution is 2.20. The lowest BCUT2D eigenvalue weighted by molar-refractivity contribution is 0.187. The minimum absolute atomic E-state index is 0.113. The monoisotopic (exact) mass is 300 g/mol. The Balaban J connectivity index is 2.65. The summed E-state index contributed by atoms with van der Waals surface area (Å²) in [4.78, 5) is 11.6. The summed E-state index contributed by atoms with van der Waals surface area (Å²) in [6, 6.07) is 5.24. The van der Waals surface area contributed by atoms with Crippen molar-refractivity contribution in [3.63, 3.8) is 0 Å². The summed E-state index contributed by atoms with van der Waals surface area (Å²) in [6.45, 7) is 5.36. The Labute approximate surface area is 110 Å². The Kier molecular flexibility index (Phi) is 4.54. The molecule has 94 valence electrons. The molecular weight excluding hydrogens is 284 g/mol. The fourth-order valence-electron chi connectivity index (χ4n) is 1.18. The van der Waals surface area contributed by atoms with Gasteiger partial charge in [-0.15, -0.1) is 0 Å². The highest BCUT2D eigenvalue weighted by Gasteiger charge is 2.18. The number of benzene rings is 1. The van der Waals surface area contributed by atoms with Crippen LogP contribution >= 0.6 is 15.9 Å². The zero-order chi connectivity index (χ0) is 13.1. The van der Waals surface area contributed by atoms with E-state index in [4.69, 9.17) is 5.11 Å². The molecule has 0 spiro atoms. The van der Waals surface area contributed by atoms with Crippen LogP contribution in [0.2, 0.25) is 0 Å². The predicted octanol–water partition coefficient (Wildman–Crippen LogP) is 2.65. The number of amides is 2. The van der Waals surface area contributed by atoms with E-state index in [-0.39, 0.29) is 12.6 Å². The third-order valence-electron chi connectivity index (χ3n) is 2.28. The van der Waals surface area contributed by atoms with Crippen molar-refractivity contribution in [1.29, 1.82) is 0 Å². The minimum Gasteiger partial charge on any atom is -0.394 e. The summed E-state index contributed by atoms with van der Waals surface area (Å²) in [5, 5.41) is 14.4. The Bertz CT molecular complexity index is 419. The van der Waals surface area contributed by atoms with E-state index in [1.165, 1.54) is 0 Å². The molecule has 0 unspecified atom stereocenters. The molecule has 2 amide bonds. The van der Waals surface area contributed by atoms with Crippen LogP contribution in [-0.2, 0) is 0 Å². The van der Waals surface area contributed by atoms with Crippen molar-refractivity contribution in [3.8, 4) is 0 Å². The molecule has 0 atom stereocenters. The number of urea groups is 1. The van der Waals surface area contributed by atoms with Crippen molar-refractivity contribution in [2.24, 2.45) is 0 Å². The van der Waals surface area contributed by atoms with Crippen molar-refractivity contribution < 1.29 is 9.90 Å². The van der Waals surface area contributed by atoms with Crippen LogP contribution in [0.15, 0.2) is 22.7 Å². The van der Waals surface area contributed by atoms with Crippen LogP contribution < -0.4 is 10.6 Å². The number of carbonyl (C=O) groups is 1. The second-order valence-corrected chi connectivity index (χ2v) is 5.44. The first-order chi connectivity index (χ1) is 7.84. The van der Waals surface area contributed by atoms with Gasteiger partial charge in [0.2, 0.25) is 0 Å². The van der Waals surface area contributed by atoms with Gasteiger partial charge in [-0.3, -0.25) is 0 Å². The van der Waals surface area contributed by atoms with E-state index < -0.39 is 5.54 Å². The van der Waals surface area contributed by atoms with Gasteiger partial charge < -0.3 is 15.7 Å². The zero-order valence-electron chi connectivity index (χ0n) is 10.2. The van der Waals surface area contributed by atoms with Crippen LogP contribution in [0.1, 0.15) is 19.4 Å². The van der Waals surface area contributed by atoms with Crippen LogP contribution in [0.3, 0.4) is 0 Å². The molecule has 3 N–H and O–H groups in total. The molecule has 1 aromatic carbocycles. The molecule has 0 saturated heterocycles. The first-order valence-corrected chi connectivity index (χ1v) is 6.09. The number of aliphatic hydroxyl groups is 1. The van der Waals surface area contributed by atoms with Crippen LogP contribution in [-0.4, -0.2) is 23.3 Å². The van der Waals surface area contributed by atoms with Gasteiger partial charge in [0.1, 0.15) is 0 Å². The summed E-state index contributed by atoms with van der Waals surface area (Å²) in [7, 11) is 0. The van der Waals surface area contributed by atoms with Gasteiger partial charge in [0.15, 0.2) is 0 Å². The van der Waals surface area contributed by atoms with Crippen LogP contribution in [0.5, 0.6) is 0 Å². The van der Waals surface area contributed by atoms with Crippen molar-refractivity contribution in [2.45, 2.75) is 26.3 Å². The summed E-state index contributed by atoms with van der Waals surface area (Å²) in [6.07, 6.45) is 0. The van der Waals surface area contributed by atoms with Gasteiger partial charge in [0, 0.05) is 10.2 Å². The standard InChI is InChI=1S/C12H17BrN2O2/c1-8-4-5-9(6-10(8)13)14-11(17)15-12(2,3)7-16/h4-6,16H,7H2,1-3H3,(H2,14,15,17). The molecule has 0 aliphatic rings. The highest BCUT2D eigenvalue weighted by molar-refractivity contribution is 9.10. The number of hydrogen-bond acceptors (Lipinski definition) is 2. The molecular formula is C12H17BrN2O2. The molecule has 0 radical (unpaired) electrons. The van der Waals surface area contributed by atoms with Gasteiger partial charge >= 0.3 is 6.03 Å². The number of rotatable bonds is 3. The molecule has 0 fully saturated rings. The van der Waals surface area contributed by atoms with E-state index in [0.717, 1.165) is 10.0 Å². The summed E-state index contributed by atoms with van der Waals surface area (Å²) in [5.74, 6) is 0. The van der Waals surface area contributed by atoms with Gasteiger partial charge in [0.25, 0.3) is 0 Å². The Hall–Kier alpha value is -1.07. The lowest BCUT2D eigenvalue weighted by Gasteiger charge is -2.23. The SMILES string of the molecule is Cc1ccc(NC(=O)NC(C)(C)CO)cc1Br. The Morgan fingerprint density at radius 3 is 2.65 bits per heavy atom. The van der Waals surface area contributed by atoms with Gasteiger partial charge in [-0.2, -0.15) is 0 Å². The van der Waals surface area contributed by atoms with Crippen molar-refractivity contribution >= 4 is 27.6 Å². The molecule has 0 saturated carbocycles. The van der Waals surface area contributed by atoms with Crippen LogP contribution in [0.25, 0.3) is 0 Å². The van der Waals surface area contributed by atoms with Gasteiger partial charge in [-0.05, 0) is 38.5 Å². The molecule has 0 aromatic heterocycles. The van der Waals surface area contributed by atoms with Gasteiger partial charge in [-0.1, -0.05) is 22.0 Å². The maximum atomic E-state index is 11.6. The normalized spacial score (nSPS) is 11.1. The second kappa shape index (κ2) is 5.51. The largest absolute Gasteiger partial charge is 0.394 e. The fourth-order valence-corrected chi connectivity index (χ4v) is 1.56. The van der Waals surface area contributed by atoms with E-state index >= 15 is 0 Å². The predicted molar refractivity (Wildman–Crippen MR) is 72.2 cm³/mol. The molecule has 17 heavy (non-hydrogen) atoms. The zero-order valence-corrected chi connectivity index (χ0v) is 11.8. The summed E-state index contributed by atoms with van der Waals surface area (Å²) < 4.78 is 0.941. The van der Waals surface area contributed by atoms with Crippen molar-refractivity contribution in [2.75, 3.05) is 11.9 Å². The molecule has 0 aliphatic carbocycles. The van der Waals surface area contributed by atoms with Crippen LogP contribution in [0, 0.1) is 6.92 Å². The second-order valence-electron chi connectivity index (χ2n) is 4.59. The van der Waals surface area contributed by atoms with Crippen LogP contribution in [0.4, 0.5) is 10.5 Å². The first-order valence-electron chi connectivity index (χ1n) is 5.30. The molecule has 0 bridgehead atoms. The molecule has 1 aromatic rings. The maximum Gasteiger partial charge on any atom is 0.319 e. The highest BCUT2D eigenvalue weighted by atomic mass is 79.9. The Morgan fingerprint density at radius 2 is 2.12 bits per heavy atom. The van der Waals surface area contributed by atoms with E-state index in [1.807, 2.05) is 25.1 Å². The number of nitrogens with one attached hydrogen (secondary N) is 2. The number of halogens is 1. The third-order valence-corrected chi connectivity index (χ3v) is 3.13. The third kappa shape index (κ3) is 4.36. The fraction of sp³-hybridized carbons (Fsp3) is 0.417. The summed E-state index contributed by atoms with van der Waals surface area (Å²) >= 11 is 3.40. The number of aryl methyl sites for hydroxylation is 1. The molecule has 1 rings (SSSR count). The average molecular weight is 301 g/mol. The minimum atomic E-state index is -0.633.